The van der Waals surface area contributed by atoms with E-state index >= 15 is 0 Å². The number of halogens is 1. The lowest BCUT2D eigenvalue weighted by atomic mass is 10.3. The number of likely N-dealkylation sites (tertiary alicyclic amines) is 1. The number of amides is 1. The van der Waals surface area contributed by atoms with Crippen LogP contribution in [-0.2, 0) is 4.79 Å². The molecule has 1 amide bonds. The molecule has 0 radical (unpaired) electrons. The summed E-state index contributed by atoms with van der Waals surface area (Å²) in [5, 5.41) is 0.645. The molecule has 5 heteroatoms. The maximum Gasteiger partial charge on any atom is 0.263 e. The van der Waals surface area contributed by atoms with Gasteiger partial charge < -0.3 is 15.4 Å². The molecule has 1 aliphatic rings. The van der Waals surface area contributed by atoms with Gasteiger partial charge in [-0.25, -0.2) is 0 Å². The minimum Gasteiger partial charge on any atom is -0.481 e. The Kier molecular flexibility index (Phi) is 4.09. The molecule has 1 heterocycles. The first-order valence-corrected chi connectivity index (χ1v) is 6.40. The largest absolute Gasteiger partial charge is 0.481 e. The summed E-state index contributed by atoms with van der Waals surface area (Å²) < 4.78 is 5.59. The summed E-state index contributed by atoms with van der Waals surface area (Å²) in [6.07, 6.45) is 0.357. The van der Waals surface area contributed by atoms with Crippen molar-refractivity contribution >= 4 is 17.5 Å². The van der Waals surface area contributed by atoms with Gasteiger partial charge in [-0.15, -0.1) is 0 Å². The fourth-order valence-electron chi connectivity index (χ4n) is 2.01. The number of carbonyl (C=O) groups excluding carboxylic acids is 1. The summed E-state index contributed by atoms with van der Waals surface area (Å²) in [4.78, 5) is 13.8. The molecule has 98 valence electrons. The van der Waals surface area contributed by atoms with Crippen LogP contribution in [0.2, 0.25) is 5.02 Å². The van der Waals surface area contributed by atoms with Crippen LogP contribution in [0.15, 0.2) is 24.3 Å². The van der Waals surface area contributed by atoms with Crippen molar-refractivity contribution in [3.8, 4) is 5.75 Å². The molecule has 0 aliphatic carbocycles. The van der Waals surface area contributed by atoms with Crippen LogP contribution >= 0.6 is 11.6 Å². The minimum atomic E-state index is -0.503. The van der Waals surface area contributed by atoms with Crippen LogP contribution in [0.3, 0.4) is 0 Å². The molecular formula is C13H17ClN2O2. The Labute approximate surface area is 112 Å². The predicted molar refractivity (Wildman–Crippen MR) is 70.7 cm³/mol. The number of nitrogens with two attached hydrogens (primary N) is 1. The molecule has 2 unspecified atom stereocenters. The Balaban J connectivity index is 1.93. The van der Waals surface area contributed by atoms with Crippen molar-refractivity contribution in [2.75, 3.05) is 13.1 Å². The van der Waals surface area contributed by atoms with Gasteiger partial charge in [0.2, 0.25) is 0 Å². The Hall–Kier alpha value is -1.26. The smallest absolute Gasteiger partial charge is 0.263 e. The van der Waals surface area contributed by atoms with E-state index in [0.717, 1.165) is 6.42 Å². The fourth-order valence-corrected chi connectivity index (χ4v) is 2.14. The molecule has 1 saturated heterocycles. The van der Waals surface area contributed by atoms with Crippen LogP contribution in [0.4, 0.5) is 0 Å². The highest BCUT2D eigenvalue weighted by atomic mass is 35.5. The SMILES string of the molecule is CC(Oc1ccc(Cl)cc1)C(=O)N1CCC(N)C1. The number of ether oxygens (including phenoxy) is 1. The lowest BCUT2D eigenvalue weighted by Gasteiger charge is -2.21. The van der Waals surface area contributed by atoms with Gasteiger partial charge in [-0.1, -0.05) is 11.6 Å². The van der Waals surface area contributed by atoms with Crippen LogP contribution in [0.1, 0.15) is 13.3 Å². The Morgan fingerprint density at radius 2 is 2.17 bits per heavy atom. The summed E-state index contributed by atoms with van der Waals surface area (Å²) in [5.74, 6) is 0.627. The highest BCUT2D eigenvalue weighted by Gasteiger charge is 2.28. The Bertz CT molecular complexity index is 422. The van der Waals surface area contributed by atoms with Gasteiger partial charge in [0.05, 0.1) is 0 Å². The van der Waals surface area contributed by atoms with Crippen LogP contribution in [0.25, 0.3) is 0 Å². The van der Waals surface area contributed by atoms with E-state index in [-0.39, 0.29) is 11.9 Å². The Morgan fingerprint density at radius 3 is 2.72 bits per heavy atom. The maximum absolute atomic E-state index is 12.1. The molecular weight excluding hydrogens is 252 g/mol. The zero-order chi connectivity index (χ0) is 13.1. The van der Waals surface area contributed by atoms with Crippen molar-refractivity contribution in [2.45, 2.75) is 25.5 Å². The van der Waals surface area contributed by atoms with Crippen LogP contribution in [-0.4, -0.2) is 36.0 Å². The normalized spacial score (nSPS) is 20.8. The number of rotatable bonds is 3. The summed E-state index contributed by atoms with van der Waals surface area (Å²) in [6.45, 7) is 3.09. The molecule has 0 bridgehead atoms. The molecule has 1 aromatic carbocycles. The summed E-state index contributed by atoms with van der Waals surface area (Å²) in [7, 11) is 0. The Morgan fingerprint density at radius 1 is 1.50 bits per heavy atom. The van der Waals surface area contributed by atoms with E-state index in [1.165, 1.54) is 0 Å². The average Bonchev–Trinajstić information content (AvgIpc) is 2.78. The highest BCUT2D eigenvalue weighted by molar-refractivity contribution is 6.30. The van der Waals surface area contributed by atoms with Crippen molar-refractivity contribution in [1.82, 2.24) is 4.90 Å². The van der Waals surface area contributed by atoms with Gasteiger partial charge in [-0.05, 0) is 37.6 Å². The molecule has 2 atom stereocenters. The topological polar surface area (TPSA) is 55.6 Å². The van der Waals surface area contributed by atoms with Gasteiger partial charge in [0.15, 0.2) is 6.10 Å². The molecule has 18 heavy (non-hydrogen) atoms. The second kappa shape index (κ2) is 5.59. The quantitative estimate of drug-likeness (QED) is 0.907. The van der Waals surface area contributed by atoms with Gasteiger partial charge in [-0.2, -0.15) is 0 Å². The molecule has 1 fully saturated rings. The second-order valence-electron chi connectivity index (χ2n) is 4.55. The molecule has 1 aliphatic heterocycles. The number of carbonyl (C=O) groups is 1. The number of nitrogens with zero attached hydrogens (tertiary/aromatic N) is 1. The maximum atomic E-state index is 12.1. The molecule has 2 rings (SSSR count). The van der Waals surface area contributed by atoms with E-state index in [1.807, 2.05) is 0 Å². The first kappa shape index (κ1) is 13.2. The number of benzene rings is 1. The third-order valence-electron chi connectivity index (χ3n) is 3.01. The first-order chi connectivity index (χ1) is 8.56. The molecule has 4 nitrogen and oxygen atoms in total. The lowest BCUT2D eigenvalue weighted by molar-refractivity contribution is -0.136. The minimum absolute atomic E-state index is 0.0158. The van der Waals surface area contributed by atoms with E-state index in [4.69, 9.17) is 22.1 Å². The first-order valence-electron chi connectivity index (χ1n) is 6.03. The van der Waals surface area contributed by atoms with E-state index in [9.17, 15) is 4.79 Å². The summed E-state index contributed by atoms with van der Waals surface area (Å²) >= 11 is 5.79. The lowest BCUT2D eigenvalue weighted by Crippen LogP contribution is -2.40. The third-order valence-corrected chi connectivity index (χ3v) is 3.26. The fraction of sp³-hybridized carbons (Fsp3) is 0.462. The second-order valence-corrected chi connectivity index (χ2v) is 4.98. The van der Waals surface area contributed by atoms with Crippen molar-refractivity contribution in [3.05, 3.63) is 29.3 Å². The summed E-state index contributed by atoms with van der Waals surface area (Å²) in [5.41, 5.74) is 5.78. The van der Waals surface area contributed by atoms with E-state index < -0.39 is 6.10 Å². The van der Waals surface area contributed by atoms with Crippen LogP contribution < -0.4 is 10.5 Å². The van der Waals surface area contributed by atoms with Crippen molar-refractivity contribution in [1.29, 1.82) is 0 Å². The molecule has 2 N–H and O–H groups in total. The molecule has 0 spiro atoms. The van der Waals surface area contributed by atoms with Crippen molar-refractivity contribution in [2.24, 2.45) is 5.73 Å². The summed E-state index contributed by atoms with van der Waals surface area (Å²) in [6, 6.07) is 7.07. The van der Waals surface area contributed by atoms with Gasteiger partial charge in [-0.3, -0.25) is 4.79 Å². The zero-order valence-corrected chi connectivity index (χ0v) is 11.1. The van der Waals surface area contributed by atoms with Gasteiger partial charge in [0, 0.05) is 24.2 Å². The standard InChI is InChI=1S/C13H17ClN2O2/c1-9(13(17)16-7-6-11(15)8-16)18-12-4-2-10(14)3-5-12/h2-5,9,11H,6-8,15H2,1H3. The van der Waals surface area contributed by atoms with E-state index in [0.29, 0.717) is 23.9 Å². The molecule has 0 saturated carbocycles. The number of hydrogen-bond donors (Lipinski definition) is 1. The third kappa shape index (κ3) is 3.15. The average molecular weight is 269 g/mol. The monoisotopic (exact) mass is 268 g/mol. The van der Waals surface area contributed by atoms with Gasteiger partial charge in [0.25, 0.3) is 5.91 Å². The zero-order valence-electron chi connectivity index (χ0n) is 10.3. The van der Waals surface area contributed by atoms with E-state index in [1.54, 1.807) is 36.1 Å². The van der Waals surface area contributed by atoms with Crippen LogP contribution in [0.5, 0.6) is 5.75 Å². The van der Waals surface area contributed by atoms with Gasteiger partial charge in [0.1, 0.15) is 5.75 Å². The molecule has 1 aromatic rings. The highest BCUT2D eigenvalue weighted by Crippen LogP contribution is 2.18. The van der Waals surface area contributed by atoms with Gasteiger partial charge >= 0.3 is 0 Å². The molecule has 0 aromatic heterocycles. The van der Waals surface area contributed by atoms with Crippen molar-refractivity contribution < 1.29 is 9.53 Å². The van der Waals surface area contributed by atoms with E-state index in [2.05, 4.69) is 0 Å². The van der Waals surface area contributed by atoms with Crippen LogP contribution in [0, 0.1) is 0 Å². The number of hydrogen-bond acceptors (Lipinski definition) is 3. The predicted octanol–water partition coefficient (Wildman–Crippen LogP) is 1.67. The van der Waals surface area contributed by atoms with Crippen molar-refractivity contribution in [3.63, 3.8) is 0 Å².